The number of anilines is 2. The summed E-state index contributed by atoms with van der Waals surface area (Å²) in [6.45, 7) is 9.06. The van der Waals surface area contributed by atoms with Crippen molar-refractivity contribution < 1.29 is 0 Å². The van der Waals surface area contributed by atoms with E-state index in [2.05, 4.69) is 60.3 Å². The molecule has 1 aromatic carbocycles. The fraction of sp³-hybridized carbons (Fsp3) is 0.458. The van der Waals surface area contributed by atoms with E-state index in [0.29, 0.717) is 11.7 Å². The molecule has 0 radical (unpaired) electrons. The van der Waals surface area contributed by atoms with Crippen molar-refractivity contribution in [1.29, 1.82) is 0 Å². The van der Waals surface area contributed by atoms with Gasteiger partial charge in [-0.05, 0) is 64.3 Å². The molecule has 0 amide bonds. The van der Waals surface area contributed by atoms with Crippen LogP contribution in [0.2, 0.25) is 0 Å². The van der Waals surface area contributed by atoms with Gasteiger partial charge in [0.2, 0.25) is 0 Å². The molecule has 2 aromatic heterocycles. The number of aromatic nitrogens is 4. The number of piperidine rings is 1. The molecule has 0 aliphatic carbocycles. The van der Waals surface area contributed by atoms with Gasteiger partial charge in [-0.2, -0.15) is 5.10 Å². The maximum Gasteiger partial charge on any atom is 0.151 e. The topological polar surface area (TPSA) is 84.9 Å². The van der Waals surface area contributed by atoms with Gasteiger partial charge >= 0.3 is 0 Å². The van der Waals surface area contributed by atoms with Crippen LogP contribution in [0.25, 0.3) is 22.4 Å². The van der Waals surface area contributed by atoms with Gasteiger partial charge in [-0.1, -0.05) is 12.1 Å². The van der Waals surface area contributed by atoms with Crippen molar-refractivity contribution in [2.75, 3.05) is 17.7 Å². The number of nitrogens with two attached hydrogens (primary N) is 1. The van der Waals surface area contributed by atoms with E-state index in [1.54, 1.807) is 4.68 Å². The molecule has 1 fully saturated rings. The molecule has 3 aromatic rings. The molecule has 164 valence electrons. The van der Waals surface area contributed by atoms with Crippen LogP contribution in [0.5, 0.6) is 0 Å². The predicted molar refractivity (Wildman–Crippen MR) is 127 cm³/mol. The van der Waals surface area contributed by atoms with E-state index in [9.17, 15) is 0 Å². The molecule has 31 heavy (non-hydrogen) atoms. The Hall–Kier alpha value is -2.93. The van der Waals surface area contributed by atoms with Crippen molar-refractivity contribution in [2.24, 2.45) is 7.05 Å². The number of hydrogen-bond donors (Lipinski definition) is 2. The summed E-state index contributed by atoms with van der Waals surface area (Å²) < 4.78 is 1.78. The number of nitrogens with one attached hydrogen (secondary N) is 1. The van der Waals surface area contributed by atoms with Crippen LogP contribution >= 0.6 is 0 Å². The molecular weight excluding hydrogens is 386 g/mol. The highest BCUT2D eigenvalue weighted by Gasteiger charge is 2.39. The van der Waals surface area contributed by atoms with Crippen LogP contribution in [-0.4, -0.2) is 44.1 Å². The zero-order chi connectivity index (χ0) is 22.4. The molecular formula is C24H33N7. The summed E-state index contributed by atoms with van der Waals surface area (Å²) in [5.41, 5.74) is 10.9. The second-order valence-corrected chi connectivity index (χ2v) is 10.0. The lowest BCUT2D eigenvalue weighted by Crippen LogP contribution is -2.62. The maximum absolute atomic E-state index is 6.36. The number of benzene rings is 1. The molecule has 3 heterocycles. The Labute approximate surface area is 184 Å². The first-order chi connectivity index (χ1) is 14.5. The second-order valence-electron chi connectivity index (χ2n) is 10.0. The minimum absolute atomic E-state index is 0.0819. The normalized spacial score (nSPS) is 18.1. The third-order valence-electron chi connectivity index (χ3n) is 6.09. The van der Waals surface area contributed by atoms with E-state index in [-0.39, 0.29) is 11.1 Å². The molecule has 0 unspecified atom stereocenters. The van der Waals surface area contributed by atoms with Gasteiger partial charge < -0.3 is 16.0 Å². The minimum atomic E-state index is 0.0819. The first-order valence-corrected chi connectivity index (χ1v) is 10.8. The van der Waals surface area contributed by atoms with Crippen LogP contribution in [0.1, 0.15) is 40.5 Å². The molecule has 0 spiro atoms. The van der Waals surface area contributed by atoms with Gasteiger partial charge in [0.1, 0.15) is 0 Å². The Balaban J connectivity index is 1.54. The summed E-state index contributed by atoms with van der Waals surface area (Å²) in [5.74, 6) is 0.882. The standard InChI is InChI=1S/C24H33N7/c1-23(2)12-18(13-24(3,4)29-23)31(6)22-10-9-21(27-28-22)19-8-7-16(11-20(19)25)17-14-26-30(5)15-17/h7-11,14-15,18,29H,12-13,25H2,1-6H3. The van der Waals surface area contributed by atoms with E-state index in [1.165, 1.54) is 0 Å². The molecule has 7 heteroatoms. The average Bonchev–Trinajstić information content (AvgIpc) is 3.11. The van der Waals surface area contributed by atoms with Crippen molar-refractivity contribution in [3.63, 3.8) is 0 Å². The van der Waals surface area contributed by atoms with E-state index < -0.39 is 0 Å². The minimum Gasteiger partial charge on any atom is -0.398 e. The molecule has 0 bridgehead atoms. The lowest BCUT2D eigenvalue weighted by atomic mass is 9.79. The van der Waals surface area contributed by atoms with Gasteiger partial charge in [-0.15, -0.1) is 10.2 Å². The summed E-state index contributed by atoms with van der Waals surface area (Å²) in [6, 6.07) is 10.5. The fourth-order valence-corrected chi connectivity index (χ4v) is 4.93. The summed E-state index contributed by atoms with van der Waals surface area (Å²) in [6.07, 6.45) is 5.92. The molecule has 0 atom stereocenters. The number of aryl methyl sites for hydroxylation is 1. The van der Waals surface area contributed by atoms with Crippen LogP contribution in [0.3, 0.4) is 0 Å². The van der Waals surface area contributed by atoms with Crippen molar-refractivity contribution in [3.8, 4) is 22.4 Å². The van der Waals surface area contributed by atoms with Gasteiger partial charge in [0, 0.05) is 54.2 Å². The molecule has 1 aliphatic heterocycles. The van der Waals surface area contributed by atoms with Crippen LogP contribution in [0.4, 0.5) is 11.5 Å². The van der Waals surface area contributed by atoms with Crippen molar-refractivity contribution >= 4 is 11.5 Å². The number of hydrogen-bond acceptors (Lipinski definition) is 6. The van der Waals surface area contributed by atoms with Gasteiger partial charge in [0.05, 0.1) is 11.9 Å². The highest BCUT2D eigenvalue weighted by Crippen LogP contribution is 2.33. The maximum atomic E-state index is 6.36. The van der Waals surface area contributed by atoms with Gasteiger partial charge in [-0.25, -0.2) is 0 Å². The number of rotatable bonds is 4. The molecule has 1 aliphatic rings. The molecule has 1 saturated heterocycles. The lowest BCUT2D eigenvalue weighted by molar-refractivity contribution is 0.160. The Morgan fingerprint density at radius 2 is 1.74 bits per heavy atom. The van der Waals surface area contributed by atoms with E-state index in [0.717, 1.165) is 41.0 Å². The Morgan fingerprint density at radius 1 is 1.03 bits per heavy atom. The summed E-state index contributed by atoms with van der Waals surface area (Å²) in [4.78, 5) is 2.26. The monoisotopic (exact) mass is 419 g/mol. The summed E-state index contributed by atoms with van der Waals surface area (Å²) in [5, 5.41) is 17.0. The van der Waals surface area contributed by atoms with Crippen LogP contribution in [0, 0.1) is 0 Å². The quantitative estimate of drug-likeness (QED) is 0.625. The Bertz CT molecular complexity index is 1050. The Morgan fingerprint density at radius 3 is 2.29 bits per heavy atom. The van der Waals surface area contributed by atoms with Crippen molar-refractivity contribution in [3.05, 3.63) is 42.7 Å². The second kappa shape index (κ2) is 7.64. The zero-order valence-corrected chi connectivity index (χ0v) is 19.3. The third kappa shape index (κ3) is 4.56. The number of nitrogen functional groups attached to an aromatic ring is 1. The third-order valence-corrected chi connectivity index (χ3v) is 6.09. The first kappa shape index (κ1) is 21.3. The summed E-state index contributed by atoms with van der Waals surface area (Å²) in [7, 11) is 4.02. The Kier molecular flexibility index (Phi) is 5.25. The van der Waals surface area contributed by atoms with E-state index >= 15 is 0 Å². The highest BCUT2D eigenvalue weighted by molar-refractivity contribution is 5.79. The largest absolute Gasteiger partial charge is 0.398 e. The zero-order valence-electron chi connectivity index (χ0n) is 19.3. The molecule has 4 rings (SSSR count). The van der Waals surface area contributed by atoms with Gasteiger partial charge in [0.15, 0.2) is 5.82 Å². The van der Waals surface area contributed by atoms with Crippen LogP contribution in [0.15, 0.2) is 42.7 Å². The van der Waals surface area contributed by atoms with Crippen LogP contribution in [-0.2, 0) is 7.05 Å². The molecule has 3 N–H and O–H groups in total. The van der Waals surface area contributed by atoms with E-state index in [1.807, 2.05) is 49.8 Å². The van der Waals surface area contributed by atoms with Gasteiger partial charge in [-0.3, -0.25) is 4.68 Å². The predicted octanol–water partition coefficient (Wildman–Crippen LogP) is 3.87. The SMILES string of the molecule is CN(c1ccc(-c2ccc(-c3cnn(C)c3)cc2N)nn1)C1CC(C)(C)NC(C)(C)C1. The molecule has 7 nitrogen and oxygen atoms in total. The first-order valence-electron chi connectivity index (χ1n) is 10.8. The number of nitrogens with zero attached hydrogens (tertiary/aromatic N) is 5. The van der Waals surface area contributed by atoms with Crippen molar-refractivity contribution in [2.45, 2.75) is 57.7 Å². The van der Waals surface area contributed by atoms with Gasteiger partial charge in [0.25, 0.3) is 0 Å². The summed E-state index contributed by atoms with van der Waals surface area (Å²) >= 11 is 0. The fourth-order valence-electron chi connectivity index (χ4n) is 4.93. The lowest BCUT2D eigenvalue weighted by Gasteiger charge is -2.49. The van der Waals surface area contributed by atoms with E-state index in [4.69, 9.17) is 5.73 Å². The van der Waals surface area contributed by atoms with Crippen molar-refractivity contribution in [1.82, 2.24) is 25.3 Å². The molecule has 0 saturated carbocycles. The average molecular weight is 420 g/mol. The smallest absolute Gasteiger partial charge is 0.151 e. The van der Waals surface area contributed by atoms with Crippen LogP contribution < -0.4 is 16.0 Å². The highest BCUT2D eigenvalue weighted by atomic mass is 15.3.